The first kappa shape index (κ1) is 13.3. The van der Waals surface area contributed by atoms with Crippen LogP contribution in [0.4, 0.5) is 0 Å². The van der Waals surface area contributed by atoms with Gasteiger partial charge in [-0.1, -0.05) is 0 Å². The summed E-state index contributed by atoms with van der Waals surface area (Å²) < 4.78 is 10.8. The zero-order valence-corrected chi connectivity index (χ0v) is 10.6. The van der Waals surface area contributed by atoms with Crippen LogP contribution in [0, 0.1) is 0 Å². The summed E-state index contributed by atoms with van der Waals surface area (Å²) in [5.41, 5.74) is -0.540. The highest BCUT2D eigenvalue weighted by Crippen LogP contribution is 2.19. The van der Waals surface area contributed by atoms with Crippen molar-refractivity contribution < 1.29 is 14.6 Å². The van der Waals surface area contributed by atoms with Gasteiger partial charge in [-0.05, 0) is 32.2 Å². The zero-order valence-electron chi connectivity index (χ0n) is 10.6. The van der Waals surface area contributed by atoms with E-state index in [0.29, 0.717) is 25.9 Å². The average Bonchev–Trinajstić information content (AvgIpc) is 2.82. The summed E-state index contributed by atoms with van der Waals surface area (Å²) in [4.78, 5) is 0. The molecule has 0 bridgehead atoms. The highest BCUT2D eigenvalue weighted by molar-refractivity contribution is 4.83. The molecule has 4 heteroatoms. The molecule has 2 heterocycles. The van der Waals surface area contributed by atoms with Crippen molar-refractivity contribution in [1.82, 2.24) is 5.32 Å². The molecule has 0 spiro atoms. The number of aliphatic hydroxyl groups is 1. The second-order valence-corrected chi connectivity index (χ2v) is 5.29. The minimum Gasteiger partial charge on any atom is -0.388 e. The second-order valence-electron chi connectivity index (χ2n) is 5.29. The highest BCUT2D eigenvalue weighted by Gasteiger charge is 2.28. The Labute approximate surface area is 104 Å². The van der Waals surface area contributed by atoms with E-state index in [0.717, 1.165) is 38.8 Å². The van der Waals surface area contributed by atoms with Crippen LogP contribution in [0.1, 0.15) is 38.5 Å². The van der Waals surface area contributed by atoms with Crippen molar-refractivity contribution in [2.24, 2.45) is 0 Å². The Morgan fingerprint density at radius 2 is 2.06 bits per heavy atom. The standard InChI is InChI=1S/C13H25NO3/c15-13(5-9-16-10-6-13)11-14-7-1-3-12-4-2-8-17-12/h12,14-15H,1-11H2. The molecule has 0 radical (unpaired) electrons. The van der Waals surface area contributed by atoms with E-state index >= 15 is 0 Å². The van der Waals surface area contributed by atoms with E-state index < -0.39 is 5.60 Å². The van der Waals surface area contributed by atoms with Crippen molar-refractivity contribution in [1.29, 1.82) is 0 Å². The van der Waals surface area contributed by atoms with E-state index in [9.17, 15) is 5.11 Å². The maximum absolute atomic E-state index is 10.2. The van der Waals surface area contributed by atoms with Crippen LogP contribution < -0.4 is 5.32 Å². The molecule has 2 N–H and O–H groups in total. The third-order valence-corrected chi connectivity index (χ3v) is 3.78. The Hall–Kier alpha value is -0.160. The smallest absolute Gasteiger partial charge is 0.0815 e. The van der Waals surface area contributed by atoms with Gasteiger partial charge in [0, 0.05) is 39.2 Å². The van der Waals surface area contributed by atoms with Crippen molar-refractivity contribution in [3.05, 3.63) is 0 Å². The van der Waals surface area contributed by atoms with Gasteiger partial charge in [0.2, 0.25) is 0 Å². The normalized spacial score (nSPS) is 28.4. The summed E-state index contributed by atoms with van der Waals surface area (Å²) in [5, 5.41) is 13.6. The summed E-state index contributed by atoms with van der Waals surface area (Å²) in [5.74, 6) is 0. The monoisotopic (exact) mass is 243 g/mol. The van der Waals surface area contributed by atoms with Gasteiger partial charge in [-0.3, -0.25) is 0 Å². The third-order valence-electron chi connectivity index (χ3n) is 3.78. The first-order valence-corrected chi connectivity index (χ1v) is 6.91. The molecule has 17 heavy (non-hydrogen) atoms. The summed E-state index contributed by atoms with van der Waals surface area (Å²) in [6.07, 6.45) is 6.73. The van der Waals surface area contributed by atoms with Crippen LogP contribution >= 0.6 is 0 Å². The number of hydrogen-bond acceptors (Lipinski definition) is 4. The van der Waals surface area contributed by atoms with Gasteiger partial charge in [0.25, 0.3) is 0 Å². The maximum atomic E-state index is 10.2. The van der Waals surface area contributed by atoms with E-state index in [1.54, 1.807) is 0 Å². The lowest BCUT2D eigenvalue weighted by atomic mass is 9.94. The molecule has 2 aliphatic heterocycles. The summed E-state index contributed by atoms with van der Waals surface area (Å²) in [7, 11) is 0. The lowest BCUT2D eigenvalue weighted by molar-refractivity contribution is -0.0615. The molecule has 0 aliphatic carbocycles. The quantitative estimate of drug-likeness (QED) is 0.685. The van der Waals surface area contributed by atoms with Crippen molar-refractivity contribution in [2.45, 2.75) is 50.2 Å². The highest BCUT2D eigenvalue weighted by atomic mass is 16.5. The van der Waals surface area contributed by atoms with Crippen LogP contribution in [0.15, 0.2) is 0 Å². The Morgan fingerprint density at radius 3 is 2.76 bits per heavy atom. The van der Waals surface area contributed by atoms with Gasteiger partial charge in [0.05, 0.1) is 11.7 Å². The van der Waals surface area contributed by atoms with Crippen LogP contribution in [-0.4, -0.2) is 49.7 Å². The van der Waals surface area contributed by atoms with Gasteiger partial charge in [-0.25, -0.2) is 0 Å². The van der Waals surface area contributed by atoms with Crippen molar-refractivity contribution in [3.8, 4) is 0 Å². The van der Waals surface area contributed by atoms with Crippen LogP contribution in [0.25, 0.3) is 0 Å². The minimum atomic E-state index is -0.540. The molecule has 0 amide bonds. The minimum absolute atomic E-state index is 0.489. The molecule has 2 rings (SSSR count). The van der Waals surface area contributed by atoms with Crippen molar-refractivity contribution in [2.75, 3.05) is 32.9 Å². The first-order valence-electron chi connectivity index (χ1n) is 6.91. The van der Waals surface area contributed by atoms with E-state index in [2.05, 4.69) is 5.32 Å². The third kappa shape index (κ3) is 4.54. The summed E-state index contributed by atoms with van der Waals surface area (Å²) in [6.45, 7) is 3.99. The van der Waals surface area contributed by atoms with Gasteiger partial charge in [-0.2, -0.15) is 0 Å². The second kappa shape index (κ2) is 6.69. The topological polar surface area (TPSA) is 50.7 Å². The molecule has 1 atom stereocenters. The molecule has 0 aromatic carbocycles. The predicted octanol–water partition coefficient (Wildman–Crippen LogP) is 1.08. The fraction of sp³-hybridized carbons (Fsp3) is 1.00. The van der Waals surface area contributed by atoms with E-state index in [-0.39, 0.29) is 0 Å². The zero-order chi connectivity index (χ0) is 12.0. The number of nitrogens with one attached hydrogen (secondary N) is 1. The van der Waals surface area contributed by atoms with Crippen LogP contribution in [0.5, 0.6) is 0 Å². The molecular formula is C13H25NO3. The number of hydrogen-bond donors (Lipinski definition) is 2. The van der Waals surface area contributed by atoms with Crippen molar-refractivity contribution >= 4 is 0 Å². The van der Waals surface area contributed by atoms with E-state index in [1.165, 1.54) is 12.8 Å². The van der Waals surface area contributed by atoms with Gasteiger partial charge in [0.15, 0.2) is 0 Å². The fourth-order valence-electron chi connectivity index (χ4n) is 2.58. The van der Waals surface area contributed by atoms with Crippen LogP contribution in [0.2, 0.25) is 0 Å². The van der Waals surface area contributed by atoms with Crippen molar-refractivity contribution in [3.63, 3.8) is 0 Å². The Morgan fingerprint density at radius 1 is 1.24 bits per heavy atom. The SMILES string of the molecule is OC1(CNCCCC2CCCO2)CCOCC1. The fourth-order valence-corrected chi connectivity index (χ4v) is 2.58. The molecule has 2 fully saturated rings. The predicted molar refractivity (Wildman–Crippen MR) is 66.1 cm³/mol. The molecule has 1 unspecified atom stereocenters. The van der Waals surface area contributed by atoms with Gasteiger partial charge < -0.3 is 19.9 Å². The lowest BCUT2D eigenvalue weighted by Gasteiger charge is -2.32. The Bertz CT molecular complexity index is 211. The maximum Gasteiger partial charge on any atom is 0.0815 e. The van der Waals surface area contributed by atoms with E-state index in [4.69, 9.17) is 9.47 Å². The summed E-state index contributed by atoms with van der Waals surface area (Å²) >= 11 is 0. The lowest BCUT2D eigenvalue weighted by Crippen LogP contribution is -2.45. The van der Waals surface area contributed by atoms with Gasteiger partial charge >= 0.3 is 0 Å². The molecule has 100 valence electrons. The molecule has 2 aliphatic rings. The Balaban J connectivity index is 1.50. The molecule has 0 aromatic rings. The molecule has 4 nitrogen and oxygen atoms in total. The summed E-state index contributed by atoms with van der Waals surface area (Å²) in [6, 6.07) is 0. The first-order chi connectivity index (χ1) is 8.29. The molecular weight excluding hydrogens is 218 g/mol. The molecule has 0 saturated carbocycles. The van der Waals surface area contributed by atoms with E-state index in [1.807, 2.05) is 0 Å². The number of ether oxygens (including phenoxy) is 2. The van der Waals surface area contributed by atoms with Crippen LogP contribution in [0.3, 0.4) is 0 Å². The molecule has 2 saturated heterocycles. The average molecular weight is 243 g/mol. The molecule has 0 aromatic heterocycles. The van der Waals surface area contributed by atoms with Gasteiger partial charge in [-0.15, -0.1) is 0 Å². The Kier molecular flexibility index (Phi) is 5.22. The number of rotatable bonds is 6. The largest absolute Gasteiger partial charge is 0.388 e. The van der Waals surface area contributed by atoms with Crippen LogP contribution in [-0.2, 0) is 9.47 Å². The van der Waals surface area contributed by atoms with Gasteiger partial charge in [0.1, 0.15) is 0 Å².